The van der Waals surface area contributed by atoms with Crippen LogP contribution >= 0.6 is 0 Å². The molecule has 0 saturated carbocycles. The van der Waals surface area contributed by atoms with E-state index in [1.165, 1.54) is 7.11 Å². The standard InChI is InChI=1S/C24H30O8/c1-24(2)12-8-7-11-17(25)30-21-20(31-18(26)13-24)19-16(29-23(21)27-3)14-28-22(32-19)15-9-5-4-6-10-15/h4-6,8-10,12,16,19-23H,7,11,13-14H2,1-3H3/t16-,19-,20+,21-,22?,23+/m1/s1. The van der Waals surface area contributed by atoms with Gasteiger partial charge in [0.25, 0.3) is 0 Å². The molecule has 8 heteroatoms. The third-order valence-electron chi connectivity index (χ3n) is 5.81. The number of rotatable bonds is 2. The predicted octanol–water partition coefficient (Wildman–Crippen LogP) is 3.06. The van der Waals surface area contributed by atoms with E-state index in [1.54, 1.807) is 0 Å². The smallest absolute Gasteiger partial charge is 0.307 e. The van der Waals surface area contributed by atoms with Crippen LogP contribution in [0, 0.1) is 5.41 Å². The summed E-state index contributed by atoms with van der Waals surface area (Å²) < 4.78 is 35.1. The van der Waals surface area contributed by atoms with Gasteiger partial charge in [0.2, 0.25) is 0 Å². The SMILES string of the molecule is CO[C@H]1O[C@@H]2COC(c3ccccc3)O[C@H]2[C@@H]2OC(=O)CC(C)(C)C=CCCC(=O)O[C@@H]12. The molecule has 32 heavy (non-hydrogen) atoms. The summed E-state index contributed by atoms with van der Waals surface area (Å²) in [7, 11) is 1.46. The molecule has 0 amide bonds. The van der Waals surface area contributed by atoms with Gasteiger partial charge >= 0.3 is 11.9 Å². The molecule has 1 aromatic rings. The van der Waals surface area contributed by atoms with Gasteiger partial charge in [-0.1, -0.05) is 56.3 Å². The maximum absolute atomic E-state index is 12.9. The lowest BCUT2D eigenvalue weighted by molar-refractivity contribution is -0.359. The van der Waals surface area contributed by atoms with E-state index in [1.807, 2.05) is 56.3 Å². The average Bonchev–Trinajstić information content (AvgIpc) is 2.77. The van der Waals surface area contributed by atoms with Gasteiger partial charge in [-0.2, -0.15) is 0 Å². The summed E-state index contributed by atoms with van der Waals surface area (Å²) in [6, 6.07) is 9.48. The van der Waals surface area contributed by atoms with Crippen molar-refractivity contribution in [3.63, 3.8) is 0 Å². The summed E-state index contributed by atoms with van der Waals surface area (Å²) in [6.07, 6.45) is 0.0452. The fourth-order valence-corrected chi connectivity index (χ4v) is 4.21. The highest BCUT2D eigenvalue weighted by molar-refractivity contribution is 5.72. The van der Waals surface area contributed by atoms with Crippen LogP contribution in [-0.2, 0) is 38.0 Å². The average molecular weight is 446 g/mol. The Morgan fingerprint density at radius 3 is 2.47 bits per heavy atom. The van der Waals surface area contributed by atoms with E-state index in [9.17, 15) is 9.59 Å². The van der Waals surface area contributed by atoms with E-state index >= 15 is 0 Å². The van der Waals surface area contributed by atoms with Crippen molar-refractivity contribution in [2.75, 3.05) is 13.7 Å². The summed E-state index contributed by atoms with van der Waals surface area (Å²) in [5, 5.41) is 0. The molecule has 4 rings (SSSR count). The van der Waals surface area contributed by atoms with Gasteiger partial charge < -0.3 is 28.4 Å². The summed E-state index contributed by atoms with van der Waals surface area (Å²) in [5.41, 5.74) is 0.420. The highest BCUT2D eigenvalue weighted by Gasteiger charge is 2.54. The quantitative estimate of drug-likeness (QED) is 0.506. The lowest BCUT2D eigenvalue weighted by Crippen LogP contribution is -2.64. The van der Waals surface area contributed by atoms with Crippen LogP contribution in [0.1, 0.15) is 45.0 Å². The van der Waals surface area contributed by atoms with E-state index < -0.39 is 54.3 Å². The second-order valence-electron chi connectivity index (χ2n) is 8.97. The molecule has 0 N–H and O–H groups in total. The van der Waals surface area contributed by atoms with Crippen molar-refractivity contribution in [3.05, 3.63) is 48.0 Å². The van der Waals surface area contributed by atoms with Crippen molar-refractivity contribution in [1.82, 2.24) is 0 Å². The Bertz CT molecular complexity index is 836. The van der Waals surface area contributed by atoms with E-state index in [0.29, 0.717) is 6.42 Å². The largest absolute Gasteiger partial charge is 0.455 e. The predicted molar refractivity (Wildman–Crippen MR) is 112 cm³/mol. The van der Waals surface area contributed by atoms with Crippen LogP contribution in [-0.4, -0.2) is 56.4 Å². The second-order valence-corrected chi connectivity index (χ2v) is 8.97. The number of carbonyl (C=O) groups excluding carboxylic acids is 2. The molecule has 0 radical (unpaired) electrons. The van der Waals surface area contributed by atoms with Crippen molar-refractivity contribution in [2.45, 2.75) is 70.1 Å². The monoisotopic (exact) mass is 446 g/mol. The van der Waals surface area contributed by atoms with Gasteiger partial charge in [-0.05, 0) is 11.8 Å². The topological polar surface area (TPSA) is 89.5 Å². The maximum atomic E-state index is 12.9. The Labute approximate surface area is 187 Å². The van der Waals surface area contributed by atoms with Crippen molar-refractivity contribution in [1.29, 1.82) is 0 Å². The van der Waals surface area contributed by atoms with Crippen LogP contribution in [0.3, 0.4) is 0 Å². The number of allylic oxidation sites excluding steroid dienone is 2. The summed E-state index contributed by atoms with van der Waals surface area (Å²) in [4.78, 5) is 25.4. The van der Waals surface area contributed by atoms with E-state index in [4.69, 9.17) is 28.4 Å². The highest BCUT2D eigenvalue weighted by Crippen LogP contribution is 2.37. The van der Waals surface area contributed by atoms with Crippen molar-refractivity contribution < 1.29 is 38.0 Å². The van der Waals surface area contributed by atoms with Crippen LogP contribution in [0.4, 0.5) is 0 Å². The van der Waals surface area contributed by atoms with Crippen molar-refractivity contribution >= 4 is 11.9 Å². The molecule has 3 aliphatic heterocycles. The number of ether oxygens (including phenoxy) is 6. The second kappa shape index (κ2) is 9.70. The zero-order valence-electron chi connectivity index (χ0n) is 18.6. The van der Waals surface area contributed by atoms with E-state index in [2.05, 4.69) is 0 Å². The lowest BCUT2D eigenvalue weighted by Gasteiger charge is -2.48. The molecule has 3 aliphatic rings. The first kappa shape index (κ1) is 22.9. The van der Waals surface area contributed by atoms with E-state index in [0.717, 1.165) is 5.56 Å². The van der Waals surface area contributed by atoms with Gasteiger partial charge in [0, 0.05) is 19.1 Å². The Morgan fingerprint density at radius 1 is 0.969 bits per heavy atom. The Morgan fingerprint density at radius 2 is 1.72 bits per heavy atom. The van der Waals surface area contributed by atoms with Gasteiger partial charge in [0.05, 0.1) is 13.0 Å². The van der Waals surface area contributed by atoms with Crippen LogP contribution < -0.4 is 0 Å². The van der Waals surface area contributed by atoms with Crippen LogP contribution in [0.5, 0.6) is 0 Å². The first-order valence-corrected chi connectivity index (χ1v) is 10.9. The summed E-state index contributed by atoms with van der Waals surface area (Å²) in [6.45, 7) is 4.12. The zero-order chi connectivity index (χ0) is 22.7. The van der Waals surface area contributed by atoms with Gasteiger partial charge in [-0.3, -0.25) is 9.59 Å². The molecule has 6 atom stereocenters. The van der Waals surface area contributed by atoms with Gasteiger partial charge in [-0.25, -0.2) is 0 Å². The van der Waals surface area contributed by atoms with Crippen molar-refractivity contribution in [2.24, 2.45) is 5.41 Å². The first-order valence-electron chi connectivity index (χ1n) is 10.9. The number of benzene rings is 1. The molecule has 174 valence electrons. The van der Waals surface area contributed by atoms with Crippen LogP contribution in [0.25, 0.3) is 0 Å². The zero-order valence-corrected chi connectivity index (χ0v) is 18.6. The molecule has 1 aromatic carbocycles. The number of esters is 2. The number of carbonyl (C=O) groups is 2. The molecule has 3 heterocycles. The molecular weight excluding hydrogens is 416 g/mol. The minimum atomic E-state index is -0.959. The van der Waals surface area contributed by atoms with Gasteiger partial charge in [0.1, 0.15) is 12.2 Å². The lowest BCUT2D eigenvalue weighted by atomic mass is 9.88. The minimum absolute atomic E-state index is 0.176. The Kier molecular flexibility index (Phi) is 6.95. The van der Waals surface area contributed by atoms with Crippen molar-refractivity contribution in [3.8, 4) is 0 Å². The number of hydrogen-bond donors (Lipinski definition) is 0. The van der Waals surface area contributed by atoms with E-state index in [-0.39, 0.29) is 19.4 Å². The maximum Gasteiger partial charge on any atom is 0.307 e. The van der Waals surface area contributed by atoms with Crippen LogP contribution in [0.2, 0.25) is 0 Å². The van der Waals surface area contributed by atoms with Gasteiger partial charge in [0.15, 0.2) is 24.8 Å². The third kappa shape index (κ3) is 5.20. The van der Waals surface area contributed by atoms with Gasteiger partial charge in [-0.15, -0.1) is 0 Å². The highest BCUT2D eigenvalue weighted by atomic mass is 16.8. The number of fused-ring (bicyclic) bond motifs is 3. The van der Waals surface area contributed by atoms with Crippen LogP contribution in [0.15, 0.2) is 42.5 Å². The molecule has 0 aromatic heterocycles. The molecule has 1 unspecified atom stereocenters. The fourth-order valence-electron chi connectivity index (χ4n) is 4.21. The number of methoxy groups -OCH3 is 1. The first-order chi connectivity index (χ1) is 15.4. The molecule has 2 fully saturated rings. The molecular formula is C24H30O8. The fraction of sp³-hybridized carbons (Fsp3) is 0.583. The molecule has 2 saturated heterocycles. The Hall–Kier alpha value is -2.26. The molecule has 0 bridgehead atoms. The molecule has 0 spiro atoms. The minimum Gasteiger partial charge on any atom is -0.455 e. The summed E-state index contributed by atoms with van der Waals surface area (Å²) >= 11 is 0. The third-order valence-corrected chi connectivity index (χ3v) is 5.81. The summed E-state index contributed by atoms with van der Waals surface area (Å²) in [5.74, 6) is -0.831. The normalized spacial score (nSPS) is 35.3. The molecule has 8 nitrogen and oxygen atoms in total. The molecule has 0 aliphatic carbocycles. The Balaban J connectivity index is 1.64. The number of hydrogen-bond acceptors (Lipinski definition) is 8.